The van der Waals surface area contributed by atoms with Gasteiger partial charge in [-0.15, -0.1) is 0 Å². The molecule has 0 aliphatic carbocycles. The van der Waals surface area contributed by atoms with Crippen LogP contribution in [0, 0.1) is 0 Å². The first-order chi connectivity index (χ1) is 9.42. The zero-order valence-corrected chi connectivity index (χ0v) is 12.5. The molecule has 20 heavy (non-hydrogen) atoms. The number of nitrogens with one attached hydrogen (secondary N) is 3. The molecule has 0 aromatic heterocycles. The van der Waals surface area contributed by atoms with Gasteiger partial charge >= 0.3 is 6.03 Å². The molecule has 1 atom stereocenters. The van der Waals surface area contributed by atoms with E-state index in [1.54, 1.807) is 11.8 Å². The first-order valence-corrected chi connectivity index (χ1v) is 7.11. The van der Waals surface area contributed by atoms with E-state index < -0.39 is 6.03 Å². The summed E-state index contributed by atoms with van der Waals surface area (Å²) in [6.07, 6.45) is 0.819. The van der Waals surface area contributed by atoms with Crippen LogP contribution in [0.25, 0.3) is 0 Å². The van der Waals surface area contributed by atoms with E-state index in [9.17, 15) is 14.4 Å². The second-order valence-corrected chi connectivity index (χ2v) is 5.26. The van der Waals surface area contributed by atoms with Crippen molar-refractivity contribution in [3.63, 3.8) is 0 Å². The van der Waals surface area contributed by atoms with Crippen molar-refractivity contribution >= 4 is 17.8 Å². The number of quaternary nitrogens is 1. The zero-order valence-electron chi connectivity index (χ0n) is 12.5. The molecule has 3 N–H and O–H groups in total. The van der Waals surface area contributed by atoms with Gasteiger partial charge < -0.3 is 15.1 Å². The number of rotatable bonds is 4. The molecule has 0 aromatic rings. The van der Waals surface area contributed by atoms with Gasteiger partial charge in [0.1, 0.15) is 0 Å². The lowest BCUT2D eigenvalue weighted by molar-refractivity contribution is -0.896. The summed E-state index contributed by atoms with van der Waals surface area (Å²) in [5, 5.41) is 5.02. The van der Waals surface area contributed by atoms with Gasteiger partial charge in [-0.1, -0.05) is 6.92 Å². The number of piperazine rings is 1. The van der Waals surface area contributed by atoms with Crippen molar-refractivity contribution in [1.29, 1.82) is 0 Å². The van der Waals surface area contributed by atoms with Crippen LogP contribution in [0.2, 0.25) is 0 Å². The molecule has 0 bridgehead atoms. The molecule has 1 heterocycles. The minimum Gasteiger partial charge on any atom is -0.335 e. The van der Waals surface area contributed by atoms with Gasteiger partial charge in [-0.2, -0.15) is 0 Å². The third-order valence-electron chi connectivity index (χ3n) is 3.57. The summed E-state index contributed by atoms with van der Waals surface area (Å²) < 4.78 is 0. The van der Waals surface area contributed by atoms with Crippen molar-refractivity contribution < 1.29 is 19.3 Å². The van der Waals surface area contributed by atoms with Crippen molar-refractivity contribution in [2.45, 2.75) is 33.2 Å². The zero-order chi connectivity index (χ0) is 15.1. The topological polar surface area (TPSA) is 82.9 Å². The van der Waals surface area contributed by atoms with E-state index in [-0.39, 0.29) is 24.4 Å². The molecule has 7 nitrogen and oxygen atoms in total. The van der Waals surface area contributed by atoms with E-state index >= 15 is 0 Å². The van der Waals surface area contributed by atoms with Crippen LogP contribution in [0.4, 0.5) is 4.79 Å². The molecule has 1 rings (SSSR count). The Balaban J connectivity index is 2.26. The third-order valence-corrected chi connectivity index (χ3v) is 3.57. The van der Waals surface area contributed by atoms with Crippen LogP contribution < -0.4 is 15.5 Å². The van der Waals surface area contributed by atoms with Crippen LogP contribution >= 0.6 is 0 Å². The largest absolute Gasteiger partial charge is 0.335 e. The first-order valence-electron chi connectivity index (χ1n) is 7.11. The maximum Gasteiger partial charge on any atom is 0.321 e. The molecule has 0 aromatic carbocycles. The average molecular weight is 285 g/mol. The van der Waals surface area contributed by atoms with Gasteiger partial charge in [0.15, 0.2) is 6.54 Å². The fraction of sp³-hybridized carbons (Fsp3) is 0.769. The predicted octanol–water partition coefficient (Wildman–Crippen LogP) is -1.64. The molecule has 1 aliphatic rings. The fourth-order valence-electron chi connectivity index (χ4n) is 2.07. The summed E-state index contributed by atoms with van der Waals surface area (Å²) in [5.74, 6) is -0.210. The van der Waals surface area contributed by atoms with Gasteiger partial charge in [-0.3, -0.25) is 14.9 Å². The van der Waals surface area contributed by atoms with E-state index in [2.05, 4.69) is 10.6 Å². The fourth-order valence-corrected chi connectivity index (χ4v) is 2.07. The molecule has 1 saturated heterocycles. The van der Waals surface area contributed by atoms with Crippen molar-refractivity contribution in [1.82, 2.24) is 15.5 Å². The second-order valence-electron chi connectivity index (χ2n) is 5.26. The number of imide groups is 1. The minimum absolute atomic E-state index is 0.0502. The van der Waals surface area contributed by atoms with Crippen LogP contribution in [0.15, 0.2) is 0 Å². The Morgan fingerprint density at radius 2 is 1.85 bits per heavy atom. The number of carbonyl (C=O) groups excluding carboxylic acids is 3. The summed E-state index contributed by atoms with van der Waals surface area (Å²) in [6.45, 7) is 8.46. The van der Waals surface area contributed by atoms with E-state index in [0.29, 0.717) is 13.1 Å². The van der Waals surface area contributed by atoms with Gasteiger partial charge in [0.05, 0.1) is 26.2 Å². The Kier molecular flexibility index (Phi) is 6.44. The monoisotopic (exact) mass is 285 g/mol. The van der Waals surface area contributed by atoms with Crippen molar-refractivity contribution in [3.05, 3.63) is 0 Å². The van der Waals surface area contributed by atoms with Crippen LogP contribution in [-0.4, -0.2) is 61.5 Å². The van der Waals surface area contributed by atoms with Crippen LogP contribution in [0.1, 0.15) is 27.2 Å². The molecule has 1 aliphatic heterocycles. The normalized spacial score (nSPS) is 17.4. The summed E-state index contributed by atoms with van der Waals surface area (Å²) in [6, 6.07) is -0.389. The highest BCUT2D eigenvalue weighted by atomic mass is 16.2. The number of urea groups is 1. The molecule has 0 spiro atoms. The SMILES string of the molecule is CC[C@@H](C)NC(=O)NC(=O)C[NH+]1CCN(C(C)=O)CC1. The highest BCUT2D eigenvalue weighted by molar-refractivity contribution is 5.94. The molecular formula is C13H25N4O3+. The number of nitrogens with zero attached hydrogens (tertiary/aromatic N) is 1. The van der Waals surface area contributed by atoms with Gasteiger partial charge in [-0.25, -0.2) is 4.79 Å². The second kappa shape index (κ2) is 7.84. The maximum atomic E-state index is 11.7. The Bertz CT molecular complexity index is 365. The summed E-state index contributed by atoms with van der Waals surface area (Å²) >= 11 is 0. The van der Waals surface area contributed by atoms with E-state index in [0.717, 1.165) is 24.4 Å². The summed E-state index contributed by atoms with van der Waals surface area (Å²) in [7, 11) is 0. The number of amides is 4. The lowest BCUT2D eigenvalue weighted by atomic mass is 10.3. The average Bonchev–Trinajstić information content (AvgIpc) is 2.38. The van der Waals surface area contributed by atoms with Gasteiger partial charge in [0.25, 0.3) is 5.91 Å². The van der Waals surface area contributed by atoms with E-state index in [4.69, 9.17) is 0 Å². The lowest BCUT2D eigenvalue weighted by Crippen LogP contribution is -3.15. The van der Waals surface area contributed by atoms with E-state index in [1.165, 1.54) is 0 Å². The van der Waals surface area contributed by atoms with Crippen LogP contribution in [0.5, 0.6) is 0 Å². The quantitative estimate of drug-likeness (QED) is 0.579. The highest BCUT2D eigenvalue weighted by Gasteiger charge is 2.24. The van der Waals surface area contributed by atoms with Gasteiger partial charge in [0.2, 0.25) is 5.91 Å². The number of carbonyl (C=O) groups is 3. The predicted molar refractivity (Wildman–Crippen MR) is 74.2 cm³/mol. The summed E-state index contributed by atoms with van der Waals surface area (Å²) in [5.41, 5.74) is 0. The Labute approximate surface area is 119 Å². The molecule has 0 saturated carbocycles. The molecule has 0 radical (unpaired) electrons. The molecular weight excluding hydrogens is 260 g/mol. The van der Waals surface area contributed by atoms with Crippen molar-refractivity contribution in [2.75, 3.05) is 32.7 Å². The molecule has 4 amide bonds. The Morgan fingerprint density at radius 3 is 2.35 bits per heavy atom. The molecule has 0 unspecified atom stereocenters. The molecule has 114 valence electrons. The van der Waals surface area contributed by atoms with Crippen molar-refractivity contribution in [3.8, 4) is 0 Å². The van der Waals surface area contributed by atoms with Crippen LogP contribution in [0.3, 0.4) is 0 Å². The van der Waals surface area contributed by atoms with Crippen molar-refractivity contribution in [2.24, 2.45) is 0 Å². The first kappa shape index (κ1) is 16.4. The maximum absolute atomic E-state index is 11.7. The summed E-state index contributed by atoms with van der Waals surface area (Å²) in [4.78, 5) is 37.3. The lowest BCUT2D eigenvalue weighted by Gasteiger charge is -2.31. The minimum atomic E-state index is -0.439. The Hall–Kier alpha value is -1.63. The van der Waals surface area contributed by atoms with Crippen LogP contribution in [-0.2, 0) is 9.59 Å². The Morgan fingerprint density at radius 1 is 1.25 bits per heavy atom. The standard InChI is InChI=1S/C13H24N4O3/c1-4-10(2)14-13(20)15-12(19)9-16-5-7-17(8-6-16)11(3)18/h10H,4-9H2,1-3H3,(H2,14,15,19,20)/p+1/t10-/m1/s1. The van der Waals surface area contributed by atoms with Gasteiger partial charge in [0, 0.05) is 13.0 Å². The number of hydrogen-bond acceptors (Lipinski definition) is 3. The molecule has 7 heteroatoms. The van der Waals surface area contributed by atoms with Gasteiger partial charge in [-0.05, 0) is 13.3 Å². The van der Waals surface area contributed by atoms with E-state index in [1.807, 2.05) is 13.8 Å². The highest BCUT2D eigenvalue weighted by Crippen LogP contribution is 1.89. The smallest absolute Gasteiger partial charge is 0.321 e. The number of hydrogen-bond donors (Lipinski definition) is 3. The third kappa shape index (κ3) is 5.56. The molecule has 1 fully saturated rings.